The van der Waals surface area contributed by atoms with Crippen molar-refractivity contribution in [2.45, 2.75) is 140 Å². The Morgan fingerprint density at radius 1 is 1.00 bits per heavy atom. The highest BCUT2D eigenvalue weighted by atomic mass is 35.5. The Bertz CT molecular complexity index is 1680. The minimum absolute atomic E-state index is 0.0265. The number of nitrogens with zero attached hydrogens (tertiary/aromatic N) is 2. The molecule has 5 aliphatic rings. The van der Waals surface area contributed by atoms with E-state index in [2.05, 4.69) is 15.4 Å². The predicted molar refractivity (Wildman–Crippen MR) is 188 cm³/mol. The Kier molecular flexibility index (Phi) is 10.7. The van der Waals surface area contributed by atoms with E-state index in [1.165, 1.54) is 9.80 Å². The summed E-state index contributed by atoms with van der Waals surface area (Å²) in [7, 11) is -3.87. The summed E-state index contributed by atoms with van der Waals surface area (Å²) in [4.78, 5) is 71.7. The summed E-state index contributed by atoms with van der Waals surface area (Å²) in [6.45, 7) is 6.36. The highest BCUT2D eigenvalue weighted by molar-refractivity contribution is 7.91. The summed E-state index contributed by atoms with van der Waals surface area (Å²) >= 11 is 6.16. The van der Waals surface area contributed by atoms with Gasteiger partial charge in [0.15, 0.2) is 0 Å². The van der Waals surface area contributed by atoms with Gasteiger partial charge >= 0.3 is 6.09 Å². The molecule has 2 saturated heterocycles. The maximum Gasteiger partial charge on any atom is 0.410 e. The van der Waals surface area contributed by atoms with Crippen LogP contribution >= 0.6 is 11.6 Å². The maximum atomic E-state index is 14.4. The quantitative estimate of drug-likeness (QED) is 0.393. The maximum absolute atomic E-state index is 14.4. The van der Waals surface area contributed by atoms with Crippen LogP contribution in [0.4, 0.5) is 4.79 Å². The molecule has 13 nitrogen and oxygen atoms in total. The molecule has 51 heavy (non-hydrogen) atoms. The Morgan fingerprint density at radius 2 is 1.69 bits per heavy atom. The van der Waals surface area contributed by atoms with E-state index < -0.39 is 62.8 Å². The van der Waals surface area contributed by atoms with Crippen LogP contribution in [0.25, 0.3) is 0 Å². The molecule has 4 fully saturated rings. The molecule has 0 bridgehead atoms. The molecule has 3 N–H and O–H groups in total. The first-order valence-electron chi connectivity index (χ1n) is 18.3. The molecule has 0 spiro atoms. The fourth-order valence-electron chi connectivity index (χ4n) is 7.69. The third-order valence-electron chi connectivity index (χ3n) is 10.7. The third kappa shape index (κ3) is 8.81. The summed E-state index contributed by atoms with van der Waals surface area (Å²) in [6, 6.07) is 3.41. The van der Waals surface area contributed by atoms with Gasteiger partial charge in [-0.2, -0.15) is 0 Å². The number of nitrogens with one attached hydrogen (secondary N) is 3. The van der Waals surface area contributed by atoms with Crippen LogP contribution in [0.15, 0.2) is 18.2 Å². The van der Waals surface area contributed by atoms with Crippen LogP contribution in [0.5, 0.6) is 0 Å². The lowest BCUT2D eigenvalue weighted by Gasteiger charge is -2.30. The summed E-state index contributed by atoms with van der Waals surface area (Å²) in [5.41, 5.74) is 0.121. The number of carbonyl (C=O) groups is 5. The summed E-state index contributed by atoms with van der Waals surface area (Å²) in [6.07, 6.45) is 5.10. The lowest BCUT2D eigenvalue weighted by molar-refractivity contribution is -0.142. The lowest BCUT2D eigenvalue weighted by Crippen LogP contribution is -2.58. The molecule has 15 heteroatoms. The van der Waals surface area contributed by atoms with E-state index in [9.17, 15) is 32.4 Å². The van der Waals surface area contributed by atoms with Crippen LogP contribution in [0.2, 0.25) is 5.02 Å². The van der Waals surface area contributed by atoms with Crippen molar-refractivity contribution in [1.82, 2.24) is 25.2 Å². The molecule has 2 saturated carbocycles. The number of carbonyl (C=O) groups excluding carboxylic acids is 5. The molecule has 1 unspecified atom stereocenters. The van der Waals surface area contributed by atoms with Crippen molar-refractivity contribution in [2.24, 2.45) is 11.3 Å². The largest absolute Gasteiger partial charge is 0.444 e. The van der Waals surface area contributed by atoms with E-state index >= 15 is 0 Å². The number of hydrogen-bond acceptors (Lipinski definition) is 8. The second-order valence-corrected chi connectivity index (χ2v) is 18.7. The number of halogens is 1. The van der Waals surface area contributed by atoms with Crippen LogP contribution in [0, 0.1) is 11.3 Å². The SMILES string of the molecule is CC(C)(C)CC(=O)NC1CCCCCCC[C@@H]2C[C@@]2(C(=O)NS(=O)(=O)C2CC2)NC(=O)[C@@H]2C[C@@H](OC(=O)N3Cc4ccc(Cl)cc4C3)CN2C1=O. The predicted octanol–water partition coefficient (Wildman–Crippen LogP) is 3.91. The first kappa shape index (κ1) is 37.4. The standard InChI is InChI=1S/C36H50ClN5O8S/c1-35(2,3)18-30(43)38-28-10-8-6-4-5-7-9-24-17-36(24,33(46)40-51(48,49)27-13-14-27)39-31(44)29-16-26(21-42(29)32(28)45)50-34(47)41-19-22-11-12-25(37)15-23(22)20-41/h11-12,15,24,26-29H,4-10,13-14,16-21H2,1-3H3,(H,38,43)(H,39,44)(H,40,46)/t24-,26-,28?,29+,36-/m1/s1. The van der Waals surface area contributed by atoms with Gasteiger partial charge in [-0.25, -0.2) is 13.2 Å². The first-order chi connectivity index (χ1) is 24.0. The minimum atomic E-state index is -3.87. The molecule has 3 aliphatic heterocycles. The number of rotatable bonds is 6. The average Bonchev–Trinajstić information content (AvgIpc) is 3.93. The van der Waals surface area contributed by atoms with Crippen molar-refractivity contribution in [1.29, 1.82) is 0 Å². The van der Waals surface area contributed by atoms with E-state index in [0.717, 1.165) is 36.8 Å². The number of ether oxygens (including phenoxy) is 1. The van der Waals surface area contributed by atoms with Crippen molar-refractivity contribution in [3.63, 3.8) is 0 Å². The first-order valence-corrected chi connectivity index (χ1v) is 20.2. The van der Waals surface area contributed by atoms with Gasteiger partial charge in [0.05, 0.1) is 11.8 Å². The molecule has 0 aromatic heterocycles. The normalized spacial score (nSPS) is 28.7. The molecule has 280 valence electrons. The topological polar surface area (TPSA) is 171 Å². The molecule has 0 radical (unpaired) electrons. The number of hydrogen-bond donors (Lipinski definition) is 3. The van der Waals surface area contributed by atoms with Crippen LogP contribution in [0.3, 0.4) is 0 Å². The van der Waals surface area contributed by atoms with Gasteiger partial charge in [0.2, 0.25) is 27.7 Å². The molecule has 1 aromatic carbocycles. The van der Waals surface area contributed by atoms with Crippen LogP contribution in [-0.2, 0) is 47.0 Å². The molecular weight excluding hydrogens is 698 g/mol. The molecular formula is C36H50ClN5O8S. The minimum Gasteiger partial charge on any atom is -0.444 e. The van der Waals surface area contributed by atoms with Crippen LogP contribution in [-0.4, -0.2) is 83.5 Å². The van der Waals surface area contributed by atoms with Gasteiger partial charge in [-0.1, -0.05) is 70.5 Å². The fourth-order valence-corrected chi connectivity index (χ4v) is 9.25. The average molecular weight is 748 g/mol. The van der Waals surface area contributed by atoms with E-state index in [1.807, 2.05) is 26.8 Å². The smallest absolute Gasteiger partial charge is 0.410 e. The van der Waals surface area contributed by atoms with Crippen molar-refractivity contribution >= 4 is 51.3 Å². The zero-order valence-electron chi connectivity index (χ0n) is 29.7. The molecule has 2 aliphatic carbocycles. The number of amides is 5. The van der Waals surface area contributed by atoms with Crippen molar-refractivity contribution in [2.75, 3.05) is 6.54 Å². The summed E-state index contributed by atoms with van der Waals surface area (Å²) in [5.74, 6) is -2.37. The van der Waals surface area contributed by atoms with E-state index in [-0.39, 0.29) is 43.0 Å². The van der Waals surface area contributed by atoms with Gasteiger partial charge in [0.25, 0.3) is 5.91 Å². The third-order valence-corrected chi connectivity index (χ3v) is 12.7. The Labute approximate surface area is 305 Å². The van der Waals surface area contributed by atoms with Gasteiger partial charge < -0.3 is 20.3 Å². The Morgan fingerprint density at radius 3 is 2.39 bits per heavy atom. The summed E-state index contributed by atoms with van der Waals surface area (Å²) < 4.78 is 33.7. The molecule has 6 rings (SSSR count). The van der Waals surface area contributed by atoms with E-state index in [1.54, 1.807) is 12.1 Å². The molecule has 5 atom stereocenters. The Balaban J connectivity index is 1.24. The molecule has 1 aromatic rings. The van der Waals surface area contributed by atoms with Crippen molar-refractivity contribution in [3.05, 3.63) is 34.3 Å². The Hall–Kier alpha value is -3.39. The highest BCUT2D eigenvalue weighted by Gasteiger charge is 2.62. The number of benzene rings is 1. The monoisotopic (exact) mass is 747 g/mol. The van der Waals surface area contributed by atoms with Gasteiger partial charge in [0.1, 0.15) is 23.7 Å². The molecule has 3 heterocycles. The zero-order chi connectivity index (χ0) is 36.7. The zero-order valence-corrected chi connectivity index (χ0v) is 31.2. The van der Waals surface area contributed by atoms with Gasteiger partial charge in [-0.3, -0.25) is 28.8 Å². The van der Waals surface area contributed by atoms with Crippen molar-refractivity contribution < 1.29 is 37.1 Å². The second-order valence-electron chi connectivity index (χ2n) is 16.3. The summed E-state index contributed by atoms with van der Waals surface area (Å²) in [5, 5.41) is 5.76. The number of fused-ring (bicyclic) bond motifs is 3. The van der Waals surface area contributed by atoms with Crippen molar-refractivity contribution in [3.8, 4) is 0 Å². The molecule has 5 amide bonds. The van der Waals surface area contributed by atoms with Gasteiger partial charge in [-0.15, -0.1) is 0 Å². The van der Waals surface area contributed by atoms with Gasteiger partial charge in [-0.05, 0) is 66.7 Å². The van der Waals surface area contributed by atoms with Crippen LogP contribution < -0.4 is 15.4 Å². The van der Waals surface area contributed by atoms with E-state index in [0.29, 0.717) is 50.2 Å². The van der Waals surface area contributed by atoms with E-state index in [4.69, 9.17) is 16.3 Å². The number of sulfonamides is 1. The highest BCUT2D eigenvalue weighted by Crippen LogP contribution is 2.48. The second kappa shape index (κ2) is 14.6. The fraction of sp³-hybridized carbons (Fsp3) is 0.694. The van der Waals surface area contributed by atoms with Gasteiger partial charge in [0, 0.05) is 31.0 Å². The van der Waals surface area contributed by atoms with Crippen LogP contribution in [0.1, 0.15) is 109 Å². The lowest BCUT2D eigenvalue weighted by atomic mass is 9.91.